The Bertz CT molecular complexity index is 917. The van der Waals surface area contributed by atoms with Crippen LogP contribution in [0, 0.1) is 0 Å². The number of carbonyl (C=O) groups is 2. The first kappa shape index (κ1) is 18.6. The molecule has 0 aliphatic carbocycles. The molecule has 0 saturated carbocycles. The SMILES string of the molecule is COc1cc(OC)c([C@@H]2CC(=O)Oc3ccc(C(C)=O)c(O)c32)cc1OC. The van der Waals surface area contributed by atoms with E-state index in [1.54, 1.807) is 12.1 Å². The zero-order chi connectivity index (χ0) is 19.7. The first-order valence-corrected chi connectivity index (χ1v) is 8.28. The van der Waals surface area contributed by atoms with Gasteiger partial charge < -0.3 is 24.1 Å². The van der Waals surface area contributed by atoms with E-state index in [-0.39, 0.29) is 29.3 Å². The second-order valence-corrected chi connectivity index (χ2v) is 6.11. The van der Waals surface area contributed by atoms with Crippen LogP contribution in [-0.4, -0.2) is 38.2 Å². The summed E-state index contributed by atoms with van der Waals surface area (Å²) in [7, 11) is 4.51. The highest BCUT2D eigenvalue weighted by atomic mass is 16.5. The number of benzene rings is 2. The topological polar surface area (TPSA) is 91.3 Å². The van der Waals surface area contributed by atoms with Crippen LogP contribution in [-0.2, 0) is 4.79 Å². The predicted octanol–water partition coefficient (Wildman–Crippen LogP) is 3.06. The van der Waals surface area contributed by atoms with E-state index in [0.717, 1.165) is 0 Å². The van der Waals surface area contributed by atoms with Crippen LogP contribution in [0.4, 0.5) is 0 Å². The van der Waals surface area contributed by atoms with Crippen molar-refractivity contribution in [2.24, 2.45) is 0 Å². The molecular formula is C20H20O7. The van der Waals surface area contributed by atoms with Crippen molar-refractivity contribution in [3.8, 4) is 28.7 Å². The quantitative estimate of drug-likeness (QED) is 0.490. The van der Waals surface area contributed by atoms with Gasteiger partial charge in [-0.05, 0) is 25.1 Å². The van der Waals surface area contributed by atoms with Crippen LogP contribution in [0.1, 0.15) is 40.7 Å². The Morgan fingerprint density at radius 3 is 2.30 bits per heavy atom. The number of hydrogen-bond donors (Lipinski definition) is 1. The van der Waals surface area contributed by atoms with Crippen LogP contribution in [0.15, 0.2) is 24.3 Å². The Kier molecular flexibility index (Phi) is 4.94. The number of ketones is 1. The van der Waals surface area contributed by atoms with Crippen molar-refractivity contribution in [2.75, 3.05) is 21.3 Å². The van der Waals surface area contributed by atoms with E-state index in [1.165, 1.54) is 40.4 Å². The van der Waals surface area contributed by atoms with Crippen molar-refractivity contribution in [1.82, 2.24) is 0 Å². The second kappa shape index (κ2) is 7.19. The van der Waals surface area contributed by atoms with Crippen LogP contribution in [0.3, 0.4) is 0 Å². The summed E-state index contributed by atoms with van der Waals surface area (Å²) in [6.45, 7) is 1.36. The highest BCUT2D eigenvalue weighted by molar-refractivity contribution is 5.98. The molecule has 0 bridgehead atoms. The highest BCUT2D eigenvalue weighted by Gasteiger charge is 2.35. The summed E-state index contributed by atoms with van der Waals surface area (Å²) in [6.07, 6.45) is -0.0201. The van der Waals surface area contributed by atoms with E-state index in [0.29, 0.717) is 28.4 Å². The lowest BCUT2D eigenvalue weighted by molar-refractivity contribution is -0.135. The minimum atomic E-state index is -0.574. The molecule has 0 spiro atoms. The number of esters is 1. The average Bonchev–Trinajstić information content (AvgIpc) is 2.65. The number of rotatable bonds is 5. The summed E-state index contributed by atoms with van der Waals surface area (Å²) in [6, 6.07) is 6.31. The monoisotopic (exact) mass is 372 g/mol. The Labute approximate surface area is 156 Å². The van der Waals surface area contributed by atoms with Crippen molar-refractivity contribution in [3.05, 3.63) is 41.0 Å². The molecule has 1 aliphatic rings. The normalized spacial score (nSPS) is 15.6. The second-order valence-electron chi connectivity index (χ2n) is 6.11. The van der Waals surface area contributed by atoms with Gasteiger partial charge in [-0.2, -0.15) is 0 Å². The molecule has 7 nitrogen and oxygen atoms in total. The molecular weight excluding hydrogens is 352 g/mol. The molecule has 1 atom stereocenters. The minimum Gasteiger partial charge on any atom is -0.507 e. The Balaban J connectivity index is 2.26. The van der Waals surface area contributed by atoms with Crippen molar-refractivity contribution < 1.29 is 33.6 Å². The molecule has 7 heteroatoms. The van der Waals surface area contributed by atoms with Crippen molar-refractivity contribution in [2.45, 2.75) is 19.3 Å². The van der Waals surface area contributed by atoms with Gasteiger partial charge in [-0.1, -0.05) is 0 Å². The molecule has 2 aromatic carbocycles. The third-order valence-corrected chi connectivity index (χ3v) is 4.61. The number of methoxy groups -OCH3 is 3. The summed E-state index contributed by atoms with van der Waals surface area (Å²) in [4.78, 5) is 24.0. The molecule has 3 rings (SSSR count). The third kappa shape index (κ3) is 3.16. The predicted molar refractivity (Wildman–Crippen MR) is 96.3 cm³/mol. The van der Waals surface area contributed by atoms with E-state index >= 15 is 0 Å². The summed E-state index contributed by atoms with van der Waals surface area (Å²) >= 11 is 0. The summed E-state index contributed by atoms with van der Waals surface area (Å²) in [5.41, 5.74) is 1.15. The van der Waals surface area contributed by atoms with Crippen LogP contribution in [0.2, 0.25) is 0 Å². The number of hydrogen-bond acceptors (Lipinski definition) is 7. The molecule has 1 N–H and O–H groups in total. The molecule has 142 valence electrons. The molecule has 0 saturated heterocycles. The molecule has 1 heterocycles. The van der Waals surface area contributed by atoms with E-state index in [1.807, 2.05) is 0 Å². The van der Waals surface area contributed by atoms with Gasteiger partial charge in [0.25, 0.3) is 0 Å². The maximum Gasteiger partial charge on any atom is 0.312 e. The smallest absolute Gasteiger partial charge is 0.312 e. The van der Waals surface area contributed by atoms with Gasteiger partial charge >= 0.3 is 5.97 Å². The Morgan fingerprint density at radius 1 is 1.07 bits per heavy atom. The standard InChI is InChI=1S/C20H20O7/c1-10(21)11-5-6-14-19(20(11)23)13(8-18(22)27-14)12-7-16(25-3)17(26-4)9-15(12)24-2/h5-7,9,13,23H,8H2,1-4H3/t13-/m0/s1. The summed E-state index contributed by atoms with van der Waals surface area (Å²) in [5.74, 6) is 0.102. The van der Waals surface area contributed by atoms with E-state index in [2.05, 4.69) is 0 Å². The zero-order valence-electron chi connectivity index (χ0n) is 15.5. The number of carbonyl (C=O) groups excluding carboxylic acids is 2. The molecule has 27 heavy (non-hydrogen) atoms. The van der Waals surface area contributed by atoms with Crippen molar-refractivity contribution >= 4 is 11.8 Å². The highest BCUT2D eigenvalue weighted by Crippen LogP contribution is 2.49. The number of phenolic OH excluding ortho intramolecular Hbond substituents is 1. The van der Waals surface area contributed by atoms with E-state index in [4.69, 9.17) is 18.9 Å². The number of fused-ring (bicyclic) bond motifs is 1. The average molecular weight is 372 g/mol. The lowest BCUT2D eigenvalue weighted by Gasteiger charge is -2.28. The first-order chi connectivity index (χ1) is 12.9. The molecule has 0 amide bonds. The van der Waals surface area contributed by atoms with Gasteiger partial charge in [0.15, 0.2) is 17.3 Å². The van der Waals surface area contributed by atoms with Crippen molar-refractivity contribution in [1.29, 1.82) is 0 Å². The number of Topliss-reactive ketones (excluding diaryl/α,β-unsaturated/α-hetero) is 1. The lowest BCUT2D eigenvalue weighted by Crippen LogP contribution is -2.22. The van der Waals surface area contributed by atoms with Gasteiger partial charge in [0.05, 0.1) is 33.3 Å². The number of ether oxygens (including phenoxy) is 4. The summed E-state index contributed by atoms with van der Waals surface area (Å²) in [5, 5.41) is 10.7. The molecule has 0 aromatic heterocycles. The van der Waals surface area contributed by atoms with Crippen LogP contribution < -0.4 is 18.9 Å². The lowest BCUT2D eigenvalue weighted by atomic mass is 9.83. The van der Waals surface area contributed by atoms with Gasteiger partial charge in [-0.3, -0.25) is 9.59 Å². The molecule has 0 radical (unpaired) electrons. The maximum absolute atomic E-state index is 12.1. The number of aromatic hydroxyl groups is 1. The van der Waals surface area contributed by atoms with Crippen molar-refractivity contribution in [3.63, 3.8) is 0 Å². The first-order valence-electron chi connectivity index (χ1n) is 8.28. The largest absolute Gasteiger partial charge is 0.507 e. The molecule has 0 unspecified atom stereocenters. The molecule has 2 aromatic rings. The van der Waals surface area contributed by atoms with Gasteiger partial charge in [0.1, 0.15) is 17.2 Å². The fourth-order valence-corrected chi connectivity index (χ4v) is 3.32. The van der Waals surface area contributed by atoms with E-state index in [9.17, 15) is 14.7 Å². The molecule has 1 aliphatic heterocycles. The fraction of sp³-hybridized carbons (Fsp3) is 0.300. The van der Waals surface area contributed by atoms with Crippen LogP contribution in [0.5, 0.6) is 28.7 Å². The zero-order valence-corrected chi connectivity index (χ0v) is 15.5. The van der Waals surface area contributed by atoms with E-state index < -0.39 is 11.9 Å². The van der Waals surface area contributed by atoms with Gasteiger partial charge in [0.2, 0.25) is 0 Å². The minimum absolute atomic E-state index is 0.0201. The van der Waals surface area contributed by atoms with Crippen LogP contribution in [0.25, 0.3) is 0 Å². The molecule has 0 fully saturated rings. The summed E-state index contributed by atoms with van der Waals surface area (Å²) < 4.78 is 21.4. The Hall–Kier alpha value is -3.22. The van der Waals surface area contributed by atoms with Gasteiger partial charge in [-0.15, -0.1) is 0 Å². The Morgan fingerprint density at radius 2 is 1.70 bits per heavy atom. The maximum atomic E-state index is 12.1. The van der Waals surface area contributed by atoms with Gasteiger partial charge in [0, 0.05) is 23.1 Å². The number of phenols is 1. The fourth-order valence-electron chi connectivity index (χ4n) is 3.32. The van der Waals surface area contributed by atoms with Gasteiger partial charge in [-0.25, -0.2) is 0 Å². The van der Waals surface area contributed by atoms with Crippen LogP contribution >= 0.6 is 0 Å². The third-order valence-electron chi connectivity index (χ3n) is 4.61.